The van der Waals surface area contributed by atoms with Crippen LogP contribution < -0.4 is 5.32 Å². The molecule has 0 aliphatic carbocycles. The first-order valence-electron chi connectivity index (χ1n) is 3.15. The van der Waals surface area contributed by atoms with Crippen LogP contribution in [-0.2, 0) is 0 Å². The van der Waals surface area contributed by atoms with E-state index in [1.54, 1.807) is 6.34 Å². The molecule has 0 bridgehead atoms. The van der Waals surface area contributed by atoms with E-state index in [0.29, 0.717) is 6.54 Å². The van der Waals surface area contributed by atoms with Crippen LogP contribution in [0.25, 0.3) is 0 Å². The molecule has 3 heteroatoms. The number of nitrogens with one attached hydrogen (secondary N) is 1. The molecular formula is C6H11FN2. The zero-order valence-corrected chi connectivity index (χ0v) is 5.52. The van der Waals surface area contributed by atoms with Crippen LogP contribution in [0, 0.1) is 0 Å². The summed E-state index contributed by atoms with van der Waals surface area (Å²) >= 11 is 0. The minimum atomic E-state index is -0.361. The monoisotopic (exact) mass is 130 g/mol. The minimum absolute atomic E-state index is 0.330. The Morgan fingerprint density at radius 1 is 1.89 bits per heavy atom. The summed E-state index contributed by atoms with van der Waals surface area (Å²) in [7, 11) is 0. The van der Waals surface area contributed by atoms with Crippen molar-refractivity contribution in [2.75, 3.05) is 13.2 Å². The molecular weight excluding hydrogens is 119 g/mol. The van der Waals surface area contributed by atoms with Gasteiger partial charge in [0, 0.05) is 0 Å². The van der Waals surface area contributed by atoms with Gasteiger partial charge in [-0.1, -0.05) is 6.92 Å². The summed E-state index contributed by atoms with van der Waals surface area (Å²) < 4.78 is 12.2. The maximum absolute atomic E-state index is 12.2. The fraction of sp³-hybridized carbons (Fsp3) is 0.833. The van der Waals surface area contributed by atoms with Crippen LogP contribution in [-0.4, -0.2) is 25.1 Å². The smallest absolute Gasteiger partial charge is 0.114 e. The second-order valence-corrected chi connectivity index (χ2v) is 2.38. The Kier molecular flexibility index (Phi) is 1.69. The van der Waals surface area contributed by atoms with Crippen molar-refractivity contribution in [2.24, 2.45) is 4.99 Å². The van der Waals surface area contributed by atoms with Gasteiger partial charge in [0.15, 0.2) is 0 Å². The summed E-state index contributed by atoms with van der Waals surface area (Å²) in [5.74, 6) is 0. The first kappa shape index (κ1) is 6.52. The zero-order chi connectivity index (χ0) is 6.74. The van der Waals surface area contributed by atoms with Crippen molar-refractivity contribution in [3.8, 4) is 0 Å². The first-order chi connectivity index (χ1) is 4.33. The normalized spacial score (nSPS) is 32.7. The first-order valence-corrected chi connectivity index (χ1v) is 3.15. The molecule has 1 heterocycles. The van der Waals surface area contributed by atoms with Crippen LogP contribution in [0.4, 0.5) is 4.39 Å². The number of alkyl halides is 1. The number of nitrogens with zero attached hydrogens (tertiary/aromatic N) is 1. The number of rotatable bonds is 2. The molecule has 0 saturated heterocycles. The Morgan fingerprint density at radius 2 is 2.67 bits per heavy atom. The van der Waals surface area contributed by atoms with Crippen LogP contribution in [0.1, 0.15) is 13.3 Å². The Hall–Kier alpha value is -0.600. The van der Waals surface area contributed by atoms with Gasteiger partial charge in [-0.15, -0.1) is 0 Å². The van der Waals surface area contributed by atoms with Gasteiger partial charge in [-0.25, -0.2) is 4.39 Å². The lowest BCUT2D eigenvalue weighted by molar-refractivity contribution is 0.291. The van der Waals surface area contributed by atoms with E-state index in [0.717, 1.165) is 6.42 Å². The Morgan fingerprint density at radius 3 is 2.89 bits per heavy atom. The van der Waals surface area contributed by atoms with Gasteiger partial charge in [-0.2, -0.15) is 0 Å². The van der Waals surface area contributed by atoms with Gasteiger partial charge in [-0.3, -0.25) is 4.99 Å². The van der Waals surface area contributed by atoms with Crippen molar-refractivity contribution in [1.82, 2.24) is 5.32 Å². The third-order valence-electron chi connectivity index (χ3n) is 1.79. The molecule has 0 aromatic rings. The number of halogens is 1. The summed E-state index contributed by atoms with van der Waals surface area (Å²) in [6.45, 7) is 2.21. The number of aliphatic imine (C=N–C) groups is 1. The topological polar surface area (TPSA) is 24.4 Å². The molecule has 0 spiro atoms. The molecule has 1 atom stereocenters. The summed E-state index contributed by atoms with van der Waals surface area (Å²) in [5.41, 5.74) is -0.361. The lowest BCUT2D eigenvalue weighted by atomic mass is 10.00. The van der Waals surface area contributed by atoms with Crippen molar-refractivity contribution in [2.45, 2.75) is 18.9 Å². The number of hydrogen-bond acceptors (Lipinski definition) is 2. The third kappa shape index (κ3) is 1.04. The summed E-state index contributed by atoms with van der Waals surface area (Å²) in [6, 6.07) is 0. The molecule has 52 valence electrons. The van der Waals surface area contributed by atoms with Gasteiger partial charge in [0.25, 0.3) is 0 Å². The van der Waals surface area contributed by atoms with E-state index in [-0.39, 0.29) is 12.2 Å². The molecule has 1 unspecified atom stereocenters. The molecule has 9 heavy (non-hydrogen) atoms. The average molecular weight is 130 g/mol. The van der Waals surface area contributed by atoms with E-state index in [2.05, 4.69) is 10.3 Å². The van der Waals surface area contributed by atoms with Crippen LogP contribution in [0.3, 0.4) is 0 Å². The zero-order valence-electron chi connectivity index (χ0n) is 5.52. The Labute approximate surface area is 54.2 Å². The van der Waals surface area contributed by atoms with Crippen molar-refractivity contribution in [1.29, 1.82) is 0 Å². The maximum Gasteiger partial charge on any atom is 0.114 e. The largest absolute Gasteiger partial charge is 0.366 e. The van der Waals surface area contributed by atoms with E-state index in [9.17, 15) is 4.39 Å². The summed E-state index contributed by atoms with van der Waals surface area (Å²) in [5, 5.41) is 2.90. The number of hydrogen-bond donors (Lipinski definition) is 1. The molecule has 1 aliphatic rings. The lowest BCUT2D eigenvalue weighted by Crippen LogP contribution is -2.44. The van der Waals surface area contributed by atoms with Crippen molar-refractivity contribution >= 4 is 6.34 Å². The molecule has 0 amide bonds. The highest BCUT2D eigenvalue weighted by atomic mass is 19.1. The molecule has 1 aliphatic heterocycles. The molecule has 1 N–H and O–H groups in total. The highest BCUT2D eigenvalue weighted by molar-refractivity contribution is 5.58. The van der Waals surface area contributed by atoms with E-state index in [1.165, 1.54) is 0 Å². The molecule has 1 rings (SSSR count). The standard InChI is InChI=1S/C6H11FN2/c1-2-6(3-7)4-8-5-9-6/h5H,2-4H2,1H3,(H,8,9). The second kappa shape index (κ2) is 2.33. The van der Waals surface area contributed by atoms with Gasteiger partial charge >= 0.3 is 0 Å². The van der Waals surface area contributed by atoms with Crippen molar-refractivity contribution in [3.63, 3.8) is 0 Å². The van der Waals surface area contributed by atoms with Gasteiger partial charge in [0.05, 0.1) is 18.4 Å². The van der Waals surface area contributed by atoms with Gasteiger partial charge in [-0.05, 0) is 6.42 Å². The van der Waals surface area contributed by atoms with Crippen LogP contribution in [0.5, 0.6) is 0 Å². The second-order valence-electron chi connectivity index (χ2n) is 2.38. The van der Waals surface area contributed by atoms with E-state index in [1.807, 2.05) is 6.92 Å². The van der Waals surface area contributed by atoms with Crippen molar-refractivity contribution in [3.05, 3.63) is 0 Å². The fourth-order valence-corrected chi connectivity index (χ4v) is 0.838. The molecule has 0 aromatic heterocycles. The SMILES string of the molecule is CCC1(CF)CN=CN1. The quantitative estimate of drug-likeness (QED) is 0.585. The van der Waals surface area contributed by atoms with Gasteiger partial charge in [0.2, 0.25) is 0 Å². The van der Waals surface area contributed by atoms with E-state index < -0.39 is 0 Å². The predicted molar refractivity (Wildman–Crippen MR) is 35.5 cm³/mol. The van der Waals surface area contributed by atoms with Crippen LogP contribution in [0.2, 0.25) is 0 Å². The third-order valence-corrected chi connectivity index (χ3v) is 1.79. The predicted octanol–water partition coefficient (Wildman–Crippen LogP) is 0.736. The van der Waals surface area contributed by atoms with E-state index in [4.69, 9.17) is 0 Å². The molecule has 2 nitrogen and oxygen atoms in total. The highest BCUT2D eigenvalue weighted by Crippen LogP contribution is 2.13. The van der Waals surface area contributed by atoms with Crippen LogP contribution >= 0.6 is 0 Å². The molecule has 0 radical (unpaired) electrons. The summed E-state index contributed by atoms with van der Waals surface area (Å²) in [6.07, 6.45) is 2.38. The van der Waals surface area contributed by atoms with Gasteiger partial charge < -0.3 is 5.32 Å². The molecule has 0 fully saturated rings. The highest BCUT2D eigenvalue weighted by Gasteiger charge is 2.29. The minimum Gasteiger partial charge on any atom is -0.366 e. The summed E-state index contributed by atoms with van der Waals surface area (Å²) in [4.78, 5) is 3.90. The Bertz CT molecular complexity index is 108. The maximum atomic E-state index is 12.2. The average Bonchev–Trinajstić information content (AvgIpc) is 2.36. The van der Waals surface area contributed by atoms with Gasteiger partial charge in [0.1, 0.15) is 6.67 Å². The fourth-order valence-electron chi connectivity index (χ4n) is 0.838. The van der Waals surface area contributed by atoms with E-state index >= 15 is 0 Å². The molecule has 0 saturated carbocycles. The van der Waals surface area contributed by atoms with Crippen LogP contribution in [0.15, 0.2) is 4.99 Å². The molecule has 0 aromatic carbocycles. The lowest BCUT2D eigenvalue weighted by Gasteiger charge is -2.22. The van der Waals surface area contributed by atoms with Crippen molar-refractivity contribution < 1.29 is 4.39 Å². The Balaban J connectivity index is 2.50.